The summed E-state index contributed by atoms with van der Waals surface area (Å²) < 4.78 is 5.23. The van der Waals surface area contributed by atoms with Gasteiger partial charge in [0, 0.05) is 12.1 Å². The van der Waals surface area contributed by atoms with E-state index in [0.717, 1.165) is 16.0 Å². The number of carbonyl (C=O) groups excluding carboxylic acids is 1. The summed E-state index contributed by atoms with van der Waals surface area (Å²) in [6, 6.07) is 7.02. The molecule has 1 amide bonds. The van der Waals surface area contributed by atoms with Crippen LogP contribution in [0.3, 0.4) is 0 Å². The number of amides is 1. The summed E-state index contributed by atoms with van der Waals surface area (Å²) in [7, 11) is 3.35. The van der Waals surface area contributed by atoms with E-state index >= 15 is 0 Å². The molecule has 1 N–H and O–H groups in total. The van der Waals surface area contributed by atoms with Gasteiger partial charge < -0.3 is 15.0 Å². The lowest BCUT2D eigenvalue weighted by Gasteiger charge is -2.19. The molecule has 0 fully saturated rings. The van der Waals surface area contributed by atoms with E-state index in [0.29, 0.717) is 16.5 Å². The number of methoxy groups -OCH3 is 1. The number of rotatable bonds is 5. The van der Waals surface area contributed by atoms with E-state index in [2.05, 4.69) is 15.3 Å². The van der Waals surface area contributed by atoms with Crippen LogP contribution in [-0.4, -0.2) is 36.6 Å². The number of hydrogen-bond donors (Lipinski definition) is 1. The molecule has 8 heteroatoms. The summed E-state index contributed by atoms with van der Waals surface area (Å²) in [6.45, 7) is 0.137. The molecule has 0 unspecified atom stereocenters. The maximum atomic E-state index is 12.4. The van der Waals surface area contributed by atoms with Crippen molar-refractivity contribution in [2.45, 2.75) is 0 Å². The average Bonchev–Trinajstić information content (AvgIpc) is 3.03. The molecule has 124 valence electrons. The molecule has 0 bridgehead atoms. The van der Waals surface area contributed by atoms with Crippen LogP contribution in [0.1, 0.15) is 0 Å². The Morgan fingerprint density at radius 1 is 1.38 bits per heavy atom. The minimum Gasteiger partial charge on any atom is -0.495 e. The Balaban J connectivity index is 1.75. The van der Waals surface area contributed by atoms with Crippen molar-refractivity contribution < 1.29 is 9.53 Å². The predicted octanol–water partition coefficient (Wildman–Crippen LogP) is 3.43. The predicted molar refractivity (Wildman–Crippen MR) is 97.3 cm³/mol. The fourth-order valence-electron chi connectivity index (χ4n) is 2.34. The Kier molecular flexibility index (Phi) is 4.82. The lowest BCUT2D eigenvalue weighted by atomic mass is 10.3. The highest BCUT2D eigenvalue weighted by Crippen LogP contribution is 2.28. The third kappa shape index (κ3) is 3.42. The van der Waals surface area contributed by atoms with Gasteiger partial charge in [-0.2, -0.15) is 0 Å². The van der Waals surface area contributed by atoms with Crippen LogP contribution >= 0.6 is 22.9 Å². The molecule has 2 aromatic heterocycles. The molecule has 6 nitrogen and oxygen atoms in total. The number of likely N-dealkylation sites (N-methyl/N-ethyl adjacent to an activating group) is 1. The number of carbonyl (C=O) groups is 1. The van der Waals surface area contributed by atoms with Crippen LogP contribution in [0.15, 0.2) is 36.0 Å². The molecule has 0 aliphatic carbocycles. The van der Waals surface area contributed by atoms with Crippen LogP contribution in [0.25, 0.3) is 10.2 Å². The van der Waals surface area contributed by atoms with Crippen molar-refractivity contribution in [2.75, 3.05) is 30.9 Å². The molecule has 1 aromatic carbocycles. The molecule has 0 atom stereocenters. The summed E-state index contributed by atoms with van der Waals surface area (Å²) >= 11 is 7.52. The SMILES string of the molecule is COc1ccc(Cl)cc1NC(=O)CN(C)c1ncnc2sccc12. The number of fused-ring (bicyclic) bond motifs is 1. The molecular weight excluding hydrogens is 348 g/mol. The van der Waals surface area contributed by atoms with Crippen molar-refractivity contribution in [3.63, 3.8) is 0 Å². The van der Waals surface area contributed by atoms with Crippen molar-refractivity contribution in [1.29, 1.82) is 0 Å². The highest BCUT2D eigenvalue weighted by molar-refractivity contribution is 7.16. The van der Waals surface area contributed by atoms with Crippen molar-refractivity contribution in [3.8, 4) is 5.75 Å². The van der Waals surface area contributed by atoms with E-state index in [9.17, 15) is 4.79 Å². The lowest BCUT2D eigenvalue weighted by molar-refractivity contribution is -0.114. The maximum Gasteiger partial charge on any atom is 0.244 e. The number of ether oxygens (including phenoxy) is 1. The van der Waals surface area contributed by atoms with E-state index in [1.807, 2.05) is 18.5 Å². The van der Waals surface area contributed by atoms with Gasteiger partial charge in [0.1, 0.15) is 22.7 Å². The molecule has 3 aromatic rings. The van der Waals surface area contributed by atoms with Gasteiger partial charge in [-0.1, -0.05) is 11.6 Å². The molecule has 0 spiro atoms. The number of thiophene rings is 1. The minimum absolute atomic E-state index is 0.137. The number of hydrogen-bond acceptors (Lipinski definition) is 6. The zero-order valence-electron chi connectivity index (χ0n) is 13.1. The van der Waals surface area contributed by atoms with Crippen molar-refractivity contribution in [3.05, 3.63) is 41.0 Å². The third-order valence-electron chi connectivity index (χ3n) is 3.42. The first kappa shape index (κ1) is 16.5. The van der Waals surface area contributed by atoms with Crippen LogP contribution in [0.5, 0.6) is 5.75 Å². The van der Waals surface area contributed by atoms with Gasteiger partial charge in [-0.3, -0.25) is 4.79 Å². The molecule has 0 aliphatic rings. The standard InChI is InChI=1S/C16H15ClN4O2S/c1-21(15-11-5-6-24-16(11)19-9-18-15)8-14(22)20-12-7-10(17)3-4-13(12)23-2/h3-7,9H,8H2,1-2H3,(H,20,22). The number of aromatic nitrogens is 2. The Hall–Kier alpha value is -2.38. The summed E-state index contributed by atoms with van der Waals surface area (Å²) in [5, 5.41) is 6.22. The van der Waals surface area contributed by atoms with Gasteiger partial charge in [0.2, 0.25) is 5.91 Å². The van der Waals surface area contributed by atoms with Crippen LogP contribution in [0.4, 0.5) is 11.5 Å². The van der Waals surface area contributed by atoms with Gasteiger partial charge >= 0.3 is 0 Å². The Morgan fingerprint density at radius 2 is 2.21 bits per heavy atom. The van der Waals surface area contributed by atoms with E-state index in [1.165, 1.54) is 17.7 Å². The van der Waals surface area contributed by atoms with Gasteiger partial charge in [-0.25, -0.2) is 9.97 Å². The van der Waals surface area contributed by atoms with Crippen molar-refractivity contribution in [1.82, 2.24) is 9.97 Å². The summed E-state index contributed by atoms with van der Waals surface area (Å²) in [5.41, 5.74) is 0.534. The van der Waals surface area contributed by atoms with Gasteiger partial charge in [-0.05, 0) is 29.6 Å². The zero-order chi connectivity index (χ0) is 17.1. The fraction of sp³-hybridized carbons (Fsp3) is 0.188. The van der Waals surface area contributed by atoms with Crippen molar-refractivity contribution in [2.24, 2.45) is 0 Å². The van der Waals surface area contributed by atoms with E-state index in [1.54, 1.807) is 30.2 Å². The molecule has 0 saturated heterocycles. The normalized spacial score (nSPS) is 10.6. The molecule has 0 radical (unpaired) electrons. The second kappa shape index (κ2) is 7.02. The molecule has 24 heavy (non-hydrogen) atoms. The molecular formula is C16H15ClN4O2S. The number of nitrogens with one attached hydrogen (secondary N) is 1. The second-order valence-electron chi connectivity index (χ2n) is 5.09. The topological polar surface area (TPSA) is 67.3 Å². The lowest BCUT2D eigenvalue weighted by Crippen LogP contribution is -2.30. The van der Waals surface area contributed by atoms with Crippen LogP contribution in [-0.2, 0) is 4.79 Å². The smallest absolute Gasteiger partial charge is 0.244 e. The van der Waals surface area contributed by atoms with Crippen LogP contribution < -0.4 is 15.0 Å². The van der Waals surface area contributed by atoms with Crippen LogP contribution in [0.2, 0.25) is 5.02 Å². The third-order valence-corrected chi connectivity index (χ3v) is 4.47. The highest BCUT2D eigenvalue weighted by atomic mass is 35.5. The van der Waals surface area contributed by atoms with Crippen molar-refractivity contribution >= 4 is 50.6 Å². The van der Waals surface area contributed by atoms with Gasteiger partial charge in [0.25, 0.3) is 0 Å². The average molecular weight is 363 g/mol. The summed E-state index contributed by atoms with van der Waals surface area (Å²) in [6.07, 6.45) is 1.50. The molecule has 2 heterocycles. The molecule has 3 rings (SSSR count). The van der Waals surface area contributed by atoms with E-state index < -0.39 is 0 Å². The quantitative estimate of drug-likeness (QED) is 0.753. The summed E-state index contributed by atoms with van der Waals surface area (Å²) in [4.78, 5) is 23.5. The van der Waals surface area contributed by atoms with Gasteiger partial charge in [0.05, 0.1) is 24.7 Å². The first-order valence-corrected chi connectivity index (χ1v) is 8.37. The number of anilines is 2. The highest BCUT2D eigenvalue weighted by Gasteiger charge is 2.14. The monoisotopic (exact) mass is 362 g/mol. The molecule has 0 saturated carbocycles. The number of nitrogens with zero attached hydrogens (tertiary/aromatic N) is 3. The Morgan fingerprint density at radius 3 is 3.00 bits per heavy atom. The second-order valence-corrected chi connectivity index (χ2v) is 6.42. The number of halogens is 1. The molecule has 0 aliphatic heterocycles. The van der Waals surface area contributed by atoms with Gasteiger partial charge in [-0.15, -0.1) is 11.3 Å². The zero-order valence-corrected chi connectivity index (χ0v) is 14.7. The first-order chi connectivity index (χ1) is 11.6. The minimum atomic E-state index is -0.194. The number of benzene rings is 1. The fourth-order valence-corrected chi connectivity index (χ4v) is 3.24. The van der Waals surface area contributed by atoms with Gasteiger partial charge in [0.15, 0.2) is 0 Å². The Labute approximate surface area is 148 Å². The first-order valence-electron chi connectivity index (χ1n) is 7.11. The van der Waals surface area contributed by atoms with Crippen LogP contribution in [0, 0.1) is 0 Å². The van der Waals surface area contributed by atoms with E-state index in [-0.39, 0.29) is 12.5 Å². The largest absolute Gasteiger partial charge is 0.495 e. The Bertz CT molecular complexity index is 883. The van der Waals surface area contributed by atoms with E-state index in [4.69, 9.17) is 16.3 Å². The summed E-state index contributed by atoms with van der Waals surface area (Å²) in [5.74, 6) is 1.08. The maximum absolute atomic E-state index is 12.4.